The van der Waals surface area contributed by atoms with E-state index >= 15 is 0 Å². The van der Waals surface area contributed by atoms with Crippen LogP contribution in [0.25, 0.3) is 0 Å². The average Bonchev–Trinajstić information content (AvgIpc) is 2.65. The van der Waals surface area contributed by atoms with Gasteiger partial charge in [-0.05, 0) is 25.0 Å². The van der Waals surface area contributed by atoms with Crippen LogP contribution in [0.4, 0.5) is 4.79 Å². The molecule has 1 fully saturated rings. The van der Waals surface area contributed by atoms with E-state index in [-0.39, 0.29) is 6.09 Å². The highest BCUT2D eigenvalue weighted by Crippen LogP contribution is 2.37. The second-order valence-corrected chi connectivity index (χ2v) is 6.07. The number of benzene rings is 1. The summed E-state index contributed by atoms with van der Waals surface area (Å²) in [6.07, 6.45) is 0.704. The zero-order valence-corrected chi connectivity index (χ0v) is 12.5. The Morgan fingerprint density at radius 1 is 1.47 bits per heavy atom. The first-order chi connectivity index (χ1) is 9.22. The third-order valence-electron chi connectivity index (χ3n) is 3.12. The smallest absolute Gasteiger partial charge is 0.409 e. The van der Waals surface area contributed by atoms with E-state index < -0.39 is 0 Å². The summed E-state index contributed by atoms with van der Waals surface area (Å²) in [5.41, 5.74) is 1.17. The second kappa shape index (κ2) is 7.06. The number of carbonyl (C=O) groups excluding carboxylic acids is 1. The van der Waals surface area contributed by atoms with E-state index in [1.807, 2.05) is 36.9 Å². The molecule has 1 amide bonds. The summed E-state index contributed by atoms with van der Waals surface area (Å²) in [4.78, 5) is 13.5. The number of amides is 1. The molecule has 0 aromatic heterocycles. The summed E-state index contributed by atoms with van der Waals surface area (Å²) < 4.78 is 5.05. The van der Waals surface area contributed by atoms with Crippen LogP contribution in [-0.2, 0) is 4.74 Å². The van der Waals surface area contributed by atoms with Crippen LogP contribution in [-0.4, -0.2) is 36.4 Å². The molecule has 1 atom stereocenters. The molecule has 0 unspecified atom stereocenters. The van der Waals surface area contributed by atoms with Gasteiger partial charge in [-0.15, -0.1) is 0 Å². The number of thioether (sulfide) groups is 1. The molecule has 0 N–H and O–H groups in total. The van der Waals surface area contributed by atoms with Crippen molar-refractivity contribution in [1.82, 2.24) is 4.90 Å². The number of halogens is 1. The summed E-state index contributed by atoms with van der Waals surface area (Å²) in [6.45, 7) is 3.72. The molecule has 5 heteroatoms. The van der Waals surface area contributed by atoms with Crippen LogP contribution < -0.4 is 0 Å². The maximum Gasteiger partial charge on any atom is 0.409 e. The minimum atomic E-state index is -0.206. The first-order valence-electron chi connectivity index (χ1n) is 6.50. The lowest BCUT2D eigenvalue weighted by atomic mass is 10.1. The van der Waals surface area contributed by atoms with Crippen molar-refractivity contribution in [3.05, 3.63) is 34.9 Å². The molecular weight excluding hydrogens is 282 g/mol. The maximum atomic E-state index is 11.7. The number of hydrogen-bond donors (Lipinski definition) is 0. The highest BCUT2D eigenvalue weighted by atomic mass is 35.5. The highest BCUT2D eigenvalue weighted by molar-refractivity contribution is 7.99. The molecule has 2 rings (SSSR count). The molecule has 0 aliphatic carbocycles. The topological polar surface area (TPSA) is 29.5 Å². The molecule has 1 heterocycles. The number of ether oxygens (including phenoxy) is 1. The van der Waals surface area contributed by atoms with E-state index in [9.17, 15) is 4.79 Å². The molecular formula is C14H18ClNO2S. The Balaban J connectivity index is 2.01. The zero-order chi connectivity index (χ0) is 13.7. The molecule has 104 valence electrons. The van der Waals surface area contributed by atoms with Gasteiger partial charge in [0.1, 0.15) is 0 Å². The quantitative estimate of drug-likeness (QED) is 0.827. The largest absolute Gasteiger partial charge is 0.450 e. The molecule has 3 nitrogen and oxygen atoms in total. The van der Waals surface area contributed by atoms with Crippen molar-refractivity contribution in [3.63, 3.8) is 0 Å². The standard InChI is InChI=1S/C14H18ClNO2S/c1-2-18-14(17)16-8-7-13(19-10-9-16)11-5-3-4-6-12(11)15/h3-6,13H,2,7-10H2,1H3/t13-/m0/s1. The van der Waals surface area contributed by atoms with E-state index in [0.29, 0.717) is 11.9 Å². The van der Waals surface area contributed by atoms with Crippen molar-refractivity contribution in [2.45, 2.75) is 18.6 Å². The number of rotatable bonds is 2. The van der Waals surface area contributed by atoms with E-state index in [2.05, 4.69) is 6.07 Å². The number of hydrogen-bond acceptors (Lipinski definition) is 3. The van der Waals surface area contributed by atoms with Crippen LogP contribution in [0.5, 0.6) is 0 Å². The molecule has 1 aliphatic rings. The number of nitrogens with zero attached hydrogens (tertiary/aromatic N) is 1. The van der Waals surface area contributed by atoms with Crippen molar-refractivity contribution in [3.8, 4) is 0 Å². The lowest BCUT2D eigenvalue weighted by molar-refractivity contribution is 0.110. The van der Waals surface area contributed by atoms with Crippen molar-refractivity contribution in [2.75, 3.05) is 25.4 Å². The van der Waals surface area contributed by atoms with E-state index in [1.54, 1.807) is 4.90 Å². The Morgan fingerprint density at radius 3 is 3.00 bits per heavy atom. The third-order valence-corrected chi connectivity index (χ3v) is 4.77. The second-order valence-electron chi connectivity index (χ2n) is 4.36. The predicted molar refractivity (Wildman–Crippen MR) is 79.9 cm³/mol. The average molecular weight is 300 g/mol. The summed E-state index contributed by atoms with van der Waals surface area (Å²) in [6, 6.07) is 7.94. The van der Waals surface area contributed by atoms with Gasteiger partial charge in [0.05, 0.1) is 6.61 Å². The fourth-order valence-corrected chi connectivity index (χ4v) is 3.75. The minimum Gasteiger partial charge on any atom is -0.450 e. The van der Waals surface area contributed by atoms with Crippen LogP contribution in [0.1, 0.15) is 24.2 Å². The van der Waals surface area contributed by atoms with Crippen LogP contribution in [0.15, 0.2) is 24.3 Å². The van der Waals surface area contributed by atoms with Gasteiger partial charge in [-0.1, -0.05) is 29.8 Å². The number of carbonyl (C=O) groups is 1. The first-order valence-corrected chi connectivity index (χ1v) is 7.92. The fraction of sp³-hybridized carbons (Fsp3) is 0.500. The molecule has 19 heavy (non-hydrogen) atoms. The Morgan fingerprint density at radius 2 is 2.26 bits per heavy atom. The Bertz CT molecular complexity index is 441. The van der Waals surface area contributed by atoms with Crippen molar-refractivity contribution >= 4 is 29.5 Å². The molecule has 1 saturated heterocycles. The van der Waals surface area contributed by atoms with Gasteiger partial charge in [-0.3, -0.25) is 0 Å². The van der Waals surface area contributed by atoms with Crippen LogP contribution in [0.3, 0.4) is 0 Å². The van der Waals surface area contributed by atoms with Crippen LogP contribution in [0, 0.1) is 0 Å². The first kappa shape index (κ1) is 14.5. The van der Waals surface area contributed by atoms with E-state index in [4.69, 9.17) is 16.3 Å². The van der Waals surface area contributed by atoms with Crippen LogP contribution >= 0.6 is 23.4 Å². The summed E-state index contributed by atoms with van der Waals surface area (Å²) in [7, 11) is 0. The lowest BCUT2D eigenvalue weighted by Gasteiger charge is -2.19. The molecule has 1 aromatic rings. The normalized spacial score (nSPS) is 19.9. The van der Waals surface area contributed by atoms with Crippen molar-refractivity contribution < 1.29 is 9.53 Å². The molecule has 0 bridgehead atoms. The van der Waals surface area contributed by atoms with Gasteiger partial charge < -0.3 is 9.64 Å². The van der Waals surface area contributed by atoms with Gasteiger partial charge in [0.15, 0.2) is 0 Å². The maximum absolute atomic E-state index is 11.7. The van der Waals surface area contributed by atoms with Crippen molar-refractivity contribution in [2.24, 2.45) is 0 Å². The fourth-order valence-electron chi connectivity index (χ4n) is 2.15. The SMILES string of the molecule is CCOC(=O)N1CCS[C@H](c2ccccc2Cl)CC1. The van der Waals surface area contributed by atoms with Gasteiger partial charge in [-0.2, -0.15) is 11.8 Å². The molecule has 0 saturated carbocycles. The highest BCUT2D eigenvalue weighted by Gasteiger charge is 2.23. The Labute approximate surface area is 123 Å². The summed E-state index contributed by atoms with van der Waals surface area (Å²) >= 11 is 8.10. The van der Waals surface area contributed by atoms with Gasteiger partial charge in [0, 0.05) is 29.1 Å². The van der Waals surface area contributed by atoms with E-state index in [1.165, 1.54) is 5.56 Å². The van der Waals surface area contributed by atoms with Gasteiger partial charge in [0.2, 0.25) is 0 Å². The summed E-state index contributed by atoms with van der Waals surface area (Å²) in [5, 5.41) is 1.16. The van der Waals surface area contributed by atoms with Crippen molar-refractivity contribution in [1.29, 1.82) is 0 Å². The molecule has 0 spiro atoms. The monoisotopic (exact) mass is 299 g/mol. The third kappa shape index (κ3) is 3.80. The van der Waals surface area contributed by atoms with Gasteiger partial charge in [-0.25, -0.2) is 4.79 Å². The summed E-state index contributed by atoms with van der Waals surface area (Å²) in [5.74, 6) is 0.911. The molecule has 1 aliphatic heterocycles. The molecule has 0 radical (unpaired) electrons. The minimum absolute atomic E-state index is 0.206. The Hall–Kier alpha value is -0.870. The predicted octanol–water partition coefficient (Wildman–Crippen LogP) is 3.98. The van der Waals surface area contributed by atoms with Gasteiger partial charge >= 0.3 is 6.09 Å². The van der Waals surface area contributed by atoms with E-state index in [0.717, 1.165) is 30.3 Å². The van der Waals surface area contributed by atoms with Gasteiger partial charge in [0.25, 0.3) is 0 Å². The van der Waals surface area contributed by atoms with Crippen LogP contribution in [0.2, 0.25) is 5.02 Å². The Kier molecular flexibility index (Phi) is 5.40. The molecule has 1 aromatic carbocycles. The lowest BCUT2D eigenvalue weighted by Crippen LogP contribution is -2.33. The zero-order valence-electron chi connectivity index (χ0n) is 11.0.